The van der Waals surface area contributed by atoms with Crippen LogP contribution >= 0.6 is 0 Å². The molecule has 1 amide bonds. The summed E-state index contributed by atoms with van der Waals surface area (Å²) in [6.45, 7) is 7.36. The maximum atomic E-state index is 12.2. The number of ether oxygens (including phenoxy) is 1. The lowest BCUT2D eigenvalue weighted by Gasteiger charge is -2.37. The van der Waals surface area contributed by atoms with Gasteiger partial charge in [0.15, 0.2) is 0 Å². The minimum Gasteiger partial charge on any atom is -0.494 e. The van der Waals surface area contributed by atoms with Gasteiger partial charge >= 0.3 is 0 Å². The SMILES string of the molecule is C=CC(=O)Nc1cc(Nc2ncc3ccc(C)n3n2)c(OC)cc1N1CCC(N(C)C)CC1. The van der Waals surface area contributed by atoms with Gasteiger partial charge in [0.05, 0.1) is 35.9 Å². The van der Waals surface area contributed by atoms with E-state index in [-0.39, 0.29) is 5.91 Å². The molecule has 174 valence electrons. The standard InChI is InChI=1S/C24H31N7O2/c1-6-23(32)26-19-13-20(27-24-25-15-18-8-7-16(2)31(18)28-24)22(33-5)14-21(19)30-11-9-17(10-12-30)29(3)4/h6-8,13-15,17H,1,9-12H2,2-5H3,(H,26,32)(H,27,28). The molecule has 0 spiro atoms. The van der Waals surface area contributed by atoms with Crippen molar-refractivity contribution < 1.29 is 9.53 Å². The third-order valence-electron chi connectivity index (χ3n) is 6.13. The van der Waals surface area contributed by atoms with Gasteiger partial charge in [0.25, 0.3) is 0 Å². The number of hydrogen-bond donors (Lipinski definition) is 2. The fourth-order valence-corrected chi connectivity index (χ4v) is 4.22. The summed E-state index contributed by atoms with van der Waals surface area (Å²) in [6.07, 6.45) is 5.13. The number of piperidine rings is 1. The number of aryl methyl sites for hydroxylation is 1. The number of anilines is 4. The van der Waals surface area contributed by atoms with Crippen LogP contribution in [-0.4, -0.2) is 65.7 Å². The largest absolute Gasteiger partial charge is 0.494 e. The van der Waals surface area contributed by atoms with E-state index in [0.29, 0.717) is 29.1 Å². The van der Waals surface area contributed by atoms with Gasteiger partial charge in [-0.3, -0.25) is 4.79 Å². The van der Waals surface area contributed by atoms with E-state index in [2.05, 4.69) is 51.2 Å². The number of fused-ring (bicyclic) bond motifs is 1. The van der Waals surface area contributed by atoms with Crippen molar-refractivity contribution in [2.24, 2.45) is 0 Å². The van der Waals surface area contributed by atoms with Crippen LogP contribution in [0.5, 0.6) is 5.75 Å². The first-order valence-corrected chi connectivity index (χ1v) is 11.0. The third-order valence-corrected chi connectivity index (χ3v) is 6.13. The molecule has 1 aromatic carbocycles. The molecule has 3 aromatic rings. The van der Waals surface area contributed by atoms with Crippen molar-refractivity contribution >= 4 is 34.4 Å². The second-order valence-corrected chi connectivity index (χ2v) is 8.46. The Kier molecular flexibility index (Phi) is 6.50. The average Bonchev–Trinajstić information content (AvgIpc) is 3.19. The molecule has 0 atom stereocenters. The van der Waals surface area contributed by atoms with Crippen LogP contribution < -0.4 is 20.3 Å². The lowest BCUT2D eigenvalue weighted by molar-refractivity contribution is -0.111. The van der Waals surface area contributed by atoms with Crippen molar-refractivity contribution in [3.8, 4) is 5.75 Å². The fraction of sp³-hybridized carbons (Fsp3) is 0.375. The number of carbonyl (C=O) groups is 1. The first kappa shape index (κ1) is 22.6. The average molecular weight is 450 g/mol. The van der Waals surface area contributed by atoms with E-state index in [9.17, 15) is 4.79 Å². The molecule has 1 saturated heterocycles. The Morgan fingerprint density at radius 1 is 1.24 bits per heavy atom. The molecule has 0 saturated carbocycles. The molecule has 3 heterocycles. The maximum Gasteiger partial charge on any atom is 0.247 e. The summed E-state index contributed by atoms with van der Waals surface area (Å²) in [5, 5.41) is 10.8. The zero-order valence-electron chi connectivity index (χ0n) is 19.6. The summed E-state index contributed by atoms with van der Waals surface area (Å²) >= 11 is 0. The molecule has 1 aliphatic heterocycles. The third kappa shape index (κ3) is 4.78. The van der Waals surface area contributed by atoms with Crippen molar-refractivity contribution in [1.29, 1.82) is 0 Å². The van der Waals surface area contributed by atoms with Gasteiger partial charge in [0.2, 0.25) is 11.9 Å². The van der Waals surface area contributed by atoms with Crippen molar-refractivity contribution in [2.45, 2.75) is 25.8 Å². The fourth-order valence-electron chi connectivity index (χ4n) is 4.22. The Morgan fingerprint density at radius 3 is 2.67 bits per heavy atom. The molecule has 0 radical (unpaired) electrons. The number of amides is 1. The molecule has 1 fully saturated rings. The van der Waals surface area contributed by atoms with Crippen LogP contribution in [0.2, 0.25) is 0 Å². The van der Waals surface area contributed by atoms with Gasteiger partial charge in [0, 0.05) is 30.9 Å². The van der Waals surface area contributed by atoms with Gasteiger partial charge in [-0.1, -0.05) is 6.58 Å². The van der Waals surface area contributed by atoms with E-state index in [4.69, 9.17) is 4.74 Å². The number of benzene rings is 1. The molecule has 9 heteroatoms. The number of methoxy groups -OCH3 is 1. The number of nitrogens with one attached hydrogen (secondary N) is 2. The second kappa shape index (κ2) is 9.50. The molecule has 1 aliphatic rings. The lowest BCUT2D eigenvalue weighted by atomic mass is 10.0. The summed E-state index contributed by atoms with van der Waals surface area (Å²) in [5.41, 5.74) is 4.19. The molecule has 0 bridgehead atoms. The second-order valence-electron chi connectivity index (χ2n) is 8.46. The smallest absolute Gasteiger partial charge is 0.247 e. The monoisotopic (exact) mass is 449 g/mol. The normalized spacial score (nSPS) is 14.5. The first-order chi connectivity index (χ1) is 15.9. The molecular weight excluding hydrogens is 418 g/mol. The number of hydrogen-bond acceptors (Lipinski definition) is 7. The topological polar surface area (TPSA) is 87.0 Å². The van der Waals surface area contributed by atoms with Crippen LogP contribution in [0.4, 0.5) is 23.0 Å². The van der Waals surface area contributed by atoms with Crippen molar-refractivity contribution in [2.75, 3.05) is 49.8 Å². The molecule has 2 N–H and O–H groups in total. The Morgan fingerprint density at radius 2 is 2.00 bits per heavy atom. The zero-order valence-corrected chi connectivity index (χ0v) is 19.6. The van der Waals surface area contributed by atoms with E-state index in [1.54, 1.807) is 13.3 Å². The van der Waals surface area contributed by atoms with Crippen LogP contribution in [-0.2, 0) is 4.79 Å². The highest BCUT2D eigenvalue weighted by molar-refractivity contribution is 6.02. The molecule has 0 aliphatic carbocycles. The number of nitrogens with zero attached hydrogens (tertiary/aromatic N) is 5. The number of aromatic nitrogens is 3. The van der Waals surface area contributed by atoms with Crippen molar-refractivity contribution in [1.82, 2.24) is 19.5 Å². The van der Waals surface area contributed by atoms with E-state index < -0.39 is 0 Å². The Bertz CT molecular complexity index is 1160. The van der Waals surface area contributed by atoms with E-state index in [1.165, 1.54) is 6.08 Å². The molecule has 33 heavy (non-hydrogen) atoms. The minimum atomic E-state index is -0.267. The number of carbonyl (C=O) groups excluding carboxylic acids is 1. The molecule has 0 unspecified atom stereocenters. The van der Waals surface area contributed by atoms with Crippen LogP contribution in [0.3, 0.4) is 0 Å². The van der Waals surface area contributed by atoms with Crippen molar-refractivity contribution in [3.05, 3.63) is 48.8 Å². The molecule has 4 rings (SSSR count). The highest BCUT2D eigenvalue weighted by atomic mass is 16.5. The van der Waals surface area contributed by atoms with Gasteiger partial charge < -0.3 is 25.2 Å². The van der Waals surface area contributed by atoms with Gasteiger partial charge in [-0.05, 0) is 58.1 Å². The summed E-state index contributed by atoms with van der Waals surface area (Å²) in [7, 11) is 5.87. The zero-order chi connectivity index (χ0) is 23.5. The predicted molar refractivity (Wildman–Crippen MR) is 132 cm³/mol. The predicted octanol–water partition coefficient (Wildman–Crippen LogP) is 3.44. The molecule has 9 nitrogen and oxygen atoms in total. The van der Waals surface area contributed by atoms with Gasteiger partial charge in [-0.2, -0.15) is 0 Å². The van der Waals surface area contributed by atoms with Crippen LogP contribution in [0.1, 0.15) is 18.5 Å². The summed E-state index contributed by atoms with van der Waals surface area (Å²) < 4.78 is 7.52. The van der Waals surface area contributed by atoms with Crippen LogP contribution in [0, 0.1) is 6.92 Å². The van der Waals surface area contributed by atoms with E-state index in [1.807, 2.05) is 35.7 Å². The van der Waals surface area contributed by atoms with Crippen LogP contribution in [0.25, 0.3) is 5.52 Å². The van der Waals surface area contributed by atoms with E-state index in [0.717, 1.165) is 42.8 Å². The summed E-state index contributed by atoms with van der Waals surface area (Å²) in [4.78, 5) is 21.2. The van der Waals surface area contributed by atoms with E-state index >= 15 is 0 Å². The lowest BCUT2D eigenvalue weighted by Crippen LogP contribution is -2.42. The minimum absolute atomic E-state index is 0.267. The maximum absolute atomic E-state index is 12.2. The Labute approximate surface area is 194 Å². The molecule has 2 aromatic heterocycles. The quantitative estimate of drug-likeness (QED) is 0.534. The Hall–Kier alpha value is -3.59. The first-order valence-electron chi connectivity index (χ1n) is 11.0. The summed E-state index contributed by atoms with van der Waals surface area (Å²) in [5.74, 6) is 0.807. The van der Waals surface area contributed by atoms with Crippen molar-refractivity contribution in [3.63, 3.8) is 0 Å². The van der Waals surface area contributed by atoms with Gasteiger partial charge in [-0.25, -0.2) is 9.50 Å². The molecular formula is C24H31N7O2. The highest BCUT2D eigenvalue weighted by Crippen LogP contribution is 2.39. The van der Waals surface area contributed by atoms with Gasteiger partial charge in [0.1, 0.15) is 5.75 Å². The highest BCUT2D eigenvalue weighted by Gasteiger charge is 2.24. The van der Waals surface area contributed by atoms with Gasteiger partial charge in [-0.15, -0.1) is 5.10 Å². The number of rotatable bonds is 7. The summed E-state index contributed by atoms with van der Waals surface area (Å²) in [6, 6.07) is 8.34. The Balaban J connectivity index is 1.68. The van der Waals surface area contributed by atoms with Crippen LogP contribution in [0.15, 0.2) is 43.1 Å².